The fraction of sp³-hybridized carbons (Fsp3) is 0.667. The first-order valence-corrected chi connectivity index (χ1v) is 6.50. The van der Waals surface area contributed by atoms with Gasteiger partial charge in [-0.1, -0.05) is 24.5 Å². The zero-order valence-corrected chi connectivity index (χ0v) is 10.9. The fourth-order valence-electron chi connectivity index (χ4n) is 2.36. The molecule has 1 fully saturated rings. The van der Waals surface area contributed by atoms with Gasteiger partial charge in [0.2, 0.25) is 5.91 Å². The van der Waals surface area contributed by atoms with E-state index in [1.165, 1.54) is 11.1 Å². The van der Waals surface area contributed by atoms with Crippen molar-refractivity contribution >= 4 is 11.9 Å². The highest BCUT2D eigenvalue weighted by Gasteiger charge is 2.19. The van der Waals surface area contributed by atoms with Crippen LogP contribution in [-0.2, 0) is 11.3 Å². The minimum absolute atomic E-state index is 0.0165. The van der Waals surface area contributed by atoms with Gasteiger partial charge in [0, 0.05) is 6.04 Å². The van der Waals surface area contributed by atoms with Crippen LogP contribution in [0.25, 0.3) is 0 Å². The molecule has 0 spiro atoms. The number of hydrogen-bond acceptors (Lipinski definition) is 4. The number of amides is 1. The van der Waals surface area contributed by atoms with Crippen molar-refractivity contribution in [1.82, 2.24) is 20.3 Å². The van der Waals surface area contributed by atoms with E-state index in [9.17, 15) is 9.59 Å². The molecule has 1 heterocycles. The molecule has 19 heavy (non-hydrogen) atoms. The van der Waals surface area contributed by atoms with Gasteiger partial charge in [0.05, 0.1) is 5.69 Å². The molecule has 2 rings (SSSR count). The van der Waals surface area contributed by atoms with Gasteiger partial charge >= 0.3 is 5.97 Å². The van der Waals surface area contributed by atoms with Crippen molar-refractivity contribution in [3.63, 3.8) is 0 Å². The van der Waals surface area contributed by atoms with Crippen molar-refractivity contribution in [2.45, 2.75) is 51.6 Å². The maximum Gasteiger partial charge on any atom is 0.358 e. The number of nitrogens with zero attached hydrogens (tertiary/aromatic N) is 3. The van der Waals surface area contributed by atoms with Crippen molar-refractivity contribution in [1.29, 1.82) is 0 Å². The highest BCUT2D eigenvalue weighted by molar-refractivity contribution is 5.86. The lowest BCUT2D eigenvalue weighted by atomic mass is 9.95. The highest BCUT2D eigenvalue weighted by atomic mass is 16.4. The Hall–Kier alpha value is -1.92. The third kappa shape index (κ3) is 3.30. The molecule has 104 valence electrons. The van der Waals surface area contributed by atoms with Crippen molar-refractivity contribution in [2.24, 2.45) is 0 Å². The van der Waals surface area contributed by atoms with Crippen molar-refractivity contribution in [3.8, 4) is 0 Å². The molecule has 1 aliphatic carbocycles. The van der Waals surface area contributed by atoms with Crippen molar-refractivity contribution in [3.05, 3.63) is 11.4 Å². The van der Waals surface area contributed by atoms with E-state index in [4.69, 9.17) is 5.11 Å². The normalized spacial score (nSPS) is 16.3. The van der Waals surface area contributed by atoms with Crippen LogP contribution in [0.2, 0.25) is 0 Å². The van der Waals surface area contributed by atoms with Gasteiger partial charge in [0.15, 0.2) is 5.69 Å². The number of aromatic nitrogens is 3. The summed E-state index contributed by atoms with van der Waals surface area (Å²) >= 11 is 0. The number of nitrogens with one attached hydrogen (secondary N) is 1. The Bertz CT molecular complexity index is 477. The fourth-order valence-corrected chi connectivity index (χ4v) is 2.36. The molecule has 0 bridgehead atoms. The largest absolute Gasteiger partial charge is 0.476 e. The van der Waals surface area contributed by atoms with Crippen LogP contribution < -0.4 is 5.32 Å². The van der Waals surface area contributed by atoms with E-state index in [0.29, 0.717) is 5.69 Å². The van der Waals surface area contributed by atoms with Crippen LogP contribution in [0, 0.1) is 6.92 Å². The van der Waals surface area contributed by atoms with Crippen LogP contribution in [0.1, 0.15) is 48.3 Å². The minimum atomic E-state index is -1.13. The number of aromatic carboxylic acids is 1. The molecule has 2 N–H and O–H groups in total. The summed E-state index contributed by atoms with van der Waals surface area (Å²) < 4.78 is 1.32. The molecule has 7 heteroatoms. The second-order valence-corrected chi connectivity index (χ2v) is 4.89. The lowest BCUT2D eigenvalue weighted by Gasteiger charge is -2.22. The van der Waals surface area contributed by atoms with Crippen molar-refractivity contribution in [2.75, 3.05) is 0 Å². The molecule has 1 aromatic heterocycles. The monoisotopic (exact) mass is 266 g/mol. The molecule has 0 saturated heterocycles. The number of carboxylic acid groups (broad SMARTS) is 1. The van der Waals surface area contributed by atoms with E-state index in [0.717, 1.165) is 25.7 Å². The second-order valence-electron chi connectivity index (χ2n) is 4.89. The van der Waals surface area contributed by atoms with Crippen LogP contribution >= 0.6 is 0 Å². The van der Waals surface area contributed by atoms with E-state index in [1.54, 1.807) is 6.92 Å². The zero-order valence-electron chi connectivity index (χ0n) is 10.9. The maximum atomic E-state index is 11.9. The molecule has 7 nitrogen and oxygen atoms in total. The molecule has 0 unspecified atom stereocenters. The van der Waals surface area contributed by atoms with Gasteiger partial charge in [-0.2, -0.15) is 0 Å². The summed E-state index contributed by atoms with van der Waals surface area (Å²) in [6, 6.07) is 0.240. The summed E-state index contributed by atoms with van der Waals surface area (Å²) in [5.41, 5.74) is 0.289. The first kappa shape index (κ1) is 13.5. The predicted molar refractivity (Wildman–Crippen MR) is 66.7 cm³/mol. The van der Waals surface area contributed by atoms with Gasteiger partial charge in [-0.05, 0) is 19.8 Å². The number of rotatable bonds is 4. The molecule has 1 aromatic rings. The number of carbonyl (C=O) groups excluding carboxylic acids is 1. The first-order chi connectivity index (χ1) is 9.08. The molecule has 1 saturated carbocycles. The van der Waals surface area contributed by atoms with E-state index >= 15 is 0 Å². The van der Waals surface area contributed by atoms with E-state index in [-0.39, 0.29) is 24.2 Å². The smallest absolute Gasteiger partial charge is 0.358 e. The van der Waals surface area contributed by atoms with Crippen molar-refractivity contribution < 1.29 is 14.7 Å². The molecule has 0 radical (unpaired) electrons. The SMILES string of the molecule is Cc1c(C(=O)O)nnn1CC(=O)NC1CCCCC1. The van der Waals surface area contributed by atoms with Gasteiger partial charge < -0.3 is 10.4 Å². The molecule has 0 atom stereocenters. The van der Waals surface area contributed by atoms with Gasteiger partial charge in [0.25, 0.3) is 0 Å². The van der Waals surface area contributed by atoms with Crippen LogP contribution in [0.3, 0.4) is 0 Å². The first-order valence-electron chi connectivity index (χ1n) is 6.50. The predicted octanol–water partition coefficient (Wildman–Crippen LogP) is 0.734. The molecule has 0 aromatic carbocycles. The summed E-state index contributed by atoms with van der Waals surface area (Å²) in [6.07, 6.45) is 5.56. The second kappa shape index (κ2) is 5.81. The lowest BCUT2D eigenvalue weighted by Crippen LogP contribution is -2.38. The molecular formula is C12H18N4O3. The lowest BCUT2D eigenvalue weighted by molar-refractivity contribution is -0.122. The van der Waals surface area contributed by atoms with Crippen LogP contribution in [0.15, 0.2) is 0 Å². The highest BCUT2D eigenvalue weighted by Crippen LogP contribution is 2.17. The summed E-state index contributed by atoms with van der Waals surface area (Å²) in [4.78, 5) is 22.7. The number of hydrogen-bond donors (Lipinski definition) is 2. The summed E-state index contributed by atoms with van der Waals surface area (Å²) in [6.45, 7) is 1.61. The molecule has 1 amide bonds. The third-order valence-corrected chi connectivity index (χ3v) is 3.45. The van der Waals surface area contributed by atoms with E-state index in [2.05, 4.69) is 15.6 Å². The Morgan fingerprint density at radius 3 is 2.63 bits per heavy atom. The summed E-state index contributed by atoms with van der Waals surface area (Å²) in [5, 5.41) is 19.1. The Balaban J connectivity index is 1.93. The minimum Gasteiger partial charge on any atom is -0.476 e. The Labute approximate surface area is 111 Å². The number of carbonyl (C=O) groups is 2. The van der Waals surface area contributed by atoms with E-state index in [1.807, 2.05) is 0 Å². The Morgan fingerprint density at radius 1 is 1.37 bits per heavy atom. The Kier molecular flexibility index (Phi) is 4.13. The van der Waals surface area contributed by atoms with Gasteiger partial charge in [-0.25, -0.2) is 9.48 Å². The quantitative estimate of drug-likeness (QED) is 0.837. The zero-order chi connectivity index (χ0) is 13.8. The summed E-state index contributed by atoms with van der Waals surface area (Å²) in [5.74, 6) is -1.27. The topological polar surface area (TPSA) is 97.1 Å². The van der Waals surface area contributed by atoms with Crippen LogP contribution in [0.4, 0.5) is 0 Å². The maximum absolute atomic E-state index is 11.9. The standard InChI is InChI=1S/C12H18N4O3/c1-8-11(12(18)19)14-15-16(8)7-10(17)13-9-5-3-2-4-6-9/h9H,2-7H2,1H3,(H,13,17)(H,18,19). The Morgan fingerprint density at radius 2 is 2.05 bits per heavy atom. The van der Waals surface area contributed by atoms with Gasteiger partial charge in [-0.3, -0.25) is 4.79 Å². The average molecular weight is 266 g/mol. The molecular weight excluding hydrogens is 248 g/mol. The van der Waals surface area contributed by atoms with E-state index < -0.39 is 5.97 Å². The number of carboxylic acids is 1. The van der Waals surface area contributed by atoms with Crippen LogP contribution in [-0.4, -0.2) is 38.0 Å². The average Bonchev–Trinajstić information content (AvgIpc) is 2.72. The van der Waals surface area contributed by atoms with Gasteiger partial charge in [-0.15, -0.1) is 5.10 Å². The third-order valence-electron chi connectivity index (χ3n) is 3.45. The van der Waals surface area contributed by atoms with Crippen LogP contribution in [0.5, 0.6) is 0 Å². The molecule has 0 aliphatic heterocycles. The summed E-state index contributed by atoms with van der Waals surface area (Å²) in [7, 11) is 0. The molecule has 1 aliphatic rings. The van der Waals surface area contributed by atoms with Gasteiger partial charge in [0.1, 0.15) is 6.54 Å².